The molecule has 7 saturated heterocycles. The van der Waals surface area contributed by atoms with Crippen LogP contribution in [0.5, 0.6) is 0 Å². The van der Waals surface area contributed by atoms with Gasteiger partial charge >= 0.3 is 33.6 Å². The maximum atomic E-state index is 13.5. The summed E-state index contributed by atoms with van der Waals surface area (Å²) in [6, 6.07) is 0. The number of carbonyl (C=O) groups is 3. The van der Waals surface area contributed by atoms with Crippen LogP contribution in [0, 0.1) is 0 Å². The summed E-state index contributed by atoms with van der Waals surface area (Å²) in [6.45, 7) is 23.4. The molecule has 21 N–H and O–H groups in total. The van der Waals surface area contributed by atoms with Gasteiger partial charge in [0, 0.05) is 13.8 Å². The molecule has 0 radical (unpaired) electrons. The molecule has 7 aliphatic rings. The number of rotatable bonds is 57. The highest BCUT2D eigenvalue weighted by molar-refractivity contribution is 7.61. The second-order valence-electron chi connectivity index (χ2n) is 39.3. The smallest absolute Gasteiger partial charge is 0.479 e. The van der Waals surface area contributed by atoms with Crippen LogP contribution in [0.4, 0.5) is 0 Å². The summed E-state index contributed by atoms with van der Waals surface area (Å²) in [5.41, 5.74) is 14.3. The number of aliphatic hydroxyl groups excluding tert-OH is 18. The van der Waals surface area contributed by atoms with Crippen molar-refractivity contribution in [1.82, 2.24) is 0 Å². The quantitative estimate of drug-likeness (QED) is 0.0204. The van der Waals surface area contributed by atoms with Crippen LogP contribution in [0.1, 0.15) is 232 Å². The number of ether oxygens (including phenoxy) is 15. The molecule has 2 unspecified atom stereocenters. The van der Waals surface area contributed by atoms with Gasteiger partial charge in [-0.2, -0.15) is 4.31 Å². The molecular weight excluding hydrogens is 1980 g/mol. The minimum Gasteiger partial charge on any atom is -0.479 e. The van der Waals surface area contributed by atoms with E-state index < -0.39 is 288 Å². The third-order valence-electron chi connectivity index (χ3n) is 26.7. The van der Waals surface area contributed by atoms with E-state index in [1.54, 1.807) is 13.0 Å². The molecule has 0 saturated carbocycles. The van der Waals surface area contributed by atoms with Gasteiger partial charge in [-0.25, -0.2) is 13.9 Å². The Labute approximate surface area is 859 Å². The van der Waals surface area contributed by atoms with Gasteiger partial charge in [0.15, 0.2) is 50.1 Å². The normalized spacial score (nSPS) is 36.2. The van der Waals surface area contributed by atoms with Crippen LogP contribution in [0.3, 0.4) is 0 Å². The largest absolute Gasteiger partial charge is 0.483 e. The van der Waals surface area contributed by atoms with Crippen molar-refractivity contribution in [3.05, 3.63) is 128 Å². The molecule has 7 aliphatic heterocycles. The third-order valence-corrected chi connectivity index (χ3v) is 29.2. The highest BCUT2D eigenvalue weighted by atomic mass is 31.3. The van der Waals surface area contributed by atoms with Gasteiger partial charge in [0.1, 0.15) is 172 Å². The predicted molar refractivity (Wildman–Crippen MR) is 525 cm³/mol. The van der Waals surface area contributed by atoms with Crippen LogP contribution in [-0.2, 0) is 108 Å². The Bertz CT molecular complexity index is 4510. The summed E-state index contributed by atoms with van der Waals surface area (Å²) in [5.74, 6) is -4.06. The fourth-order valence-corrected chi connectivity index (χ4v) is 19.4. The van der Waals surface area contributed by atoms with E-state index in [9.17, 15) is 130 Å². The summed E-state index contributed by atoms with van der Waals surface area (Å²) < 4.78 is 125. The predicted octanol–water partition coefficient (Wildman–Crippen LogP) is 5.47. The highest BCUT2D eigenvalue weighted by Crippen LogP contribution is 2.62. The van der Waals surface area contributed by atoms with Crippen LogP contribution >= 0.6 is 15.6 Å². The van der Waals surface area contributed by atoms with E-state index in [2.05, 4.69) is 134 Å². The molecular formula is C101H164O44P2. The van der Waals surface area contributed by atoms with Crippen molar-refractivity contribution in [1.29, 1.82) is 0 Å². The summed E-state index contributed by atoms with van der Waals surface area (Å²) >= 11 is 0. The molecule has 0 aromatic rings. The first-order valence-corrected chi connectivity index (χ1v) is 53.2. The van der Waals surface area contributed by atoms with Crippen molar-refractivity contribution in [2.75, 3.05) is 39.6 Å². The highest BCUT2D eigenvalue weighted by Gasteiger charge is 2.60. The summed E-state index contributed by atoms with van der Waals surface area (Å²) in [7, 11) is -11.5. The second kappa shape index (κ2) is 62.9. The molecule has 0 bridgehead atoms. The van der Waals surface area contributed by atoms with Crippen LogP contribution in [0.2, 0.25) is 0 Å². The lowest BCUT2D eigenvalue weighted by Gasteiger charge is -2.49. The number of aliphatic carboxylic acids is 1. The second-order valence-corrected chi connectivity index (χ2v) is 42.3. The number of aliphatic hydroxyl groups is 18. The molecule has 0 aromatic carbocycles. The Morgan fingerprint density at radius 3 is 1.01 bits per heavy atom. The number of hydrogen-bond donors (Lipinski definition) is 21. The Hall–Kier alpha value is -5.43. The first-order chi connectivity index (χ1) is 69.2. The number of phosphoric ester groups is 2. The van der Waals surface area contributed by atoms with Gasteiger partial charge in [0.2, 0.25) is 0 Å². The molecule has 7 rings (SSSR count). The van der Waals surface area contributed by atoms with Crippen molar-refractivity contribution in [2.24, 2.45) is 0 Å². The molecule has 147 heavy (non-hydrogen) atoms. The number of carbonyl (C=O) groups excluding carboxylic acids is 2. The van der Waals surface area contributed by atoms with Crippen molar-refractivity contribution in [3.8, 4) is 0 Å². The van der Waals surface area contributed by atoms with Gasteiger partial charge in [-0.15, -0.1) is 0 Å². The van der Waals surface area contributed by atoms with E-state index in [-0.39, 0.29) is 0 Å². The number of phosphoric acid groups is 2. The summed E-state index contributed by atoms with van der Waals surface area (Å²) in [5, 5.41) is 211. The van der Waals surface area contributed by atoms with Gasteiger partial charge < -0.3 is 178 Å². The van der Waals surface area contributed by atoms with E-state index in [1.165, 1.54) is 57.1 Å². The Morgan fingerprint density at radius 1 is 0.293 bits per heavy atom. The first kappa shape index (κ1) is 128. The zero-order chi connectivity index (χ0) is 109. The molecule has 46 heteroatoms. The summed E-state index contributed by atoms with van der Waals surface area (Å²) in [6.07, 6.45) is -30.6. The van der Waals surface area contributed by atoms with Crippen molar-refractivity contribution in [3.63, 3.8) is 0 Å². The minimum absolute atomic E-state index is 0.413. The maximum Gasteiger partial charge on any atom is 0.483 e. The van der Waals surface area contributed by atoms with E-state index in [0.717, 1.165) is 135 Å². The fraction of sp³-hybridized carbons (Fsp3) is 0.752. The first-order valence-electron chi connectivity index (χ1n) is 50.2. The molecule has 842 valence electrons. The lowest BCUT2D eigenvalue weighted by molar-refractivity contribution is -0.399. The van der Waals surface area contributed by atoms with Crippen LogP contribution in [0.15, 0.2) is 128 Å². The Morgan fingerprint density at radius 2 is 0.592 bits per heavy atom. The van der Waals surface area contributed by atoms with E-state index in [4.69, 9.17) is 80.1 Å². The zero-order valence-corrected chi connectivity index (χ0v) is 88.4. The maximum absolute atomic E-state index is 13.5. The number of carboxylic acids is 1. The standard InChI is InChI=1S/C101H164O44P2/c1-16-53(2)27-17-28-54(3)29-18-30-55(4)31-19-32-56(5)33-20-34-57(6)35-21-36-58(7)37-22-38-59(8)39-23-40-60(9)41-24-42-61(10)43-25-44-62(11)45-26-46-63(12)48-132-146(124,125)145-147(126,127)144-100-87(120)81(114)89(71(138-100)52-129-66(15)104)139-99-88(121)90(76(109)67(47-102)134-99)140-101-92(80(113)75(108)68(137-101)49-128-65(14)103)142-98-86(119)82(115)91(93(143-98)94(122)123)141-97-85(118)79(112)74(107)70(136-97)51-131-96-84(117)78(111)73(106)69(135-96)50-130-95-83(116)77(110)72(105)64(13)133-95/h16,28,30,32,34,36,38,40,42,44,46,64,67-93,95-102,105-121H,17-27,29,31,33,35,37,39,41,43,45,47-52H2,1-15H3,(H,122,123)(H,124,125)(H,126,127)/b53-16-,54-28-,55-30-,56-32-,57-34-,58-36-,59-38-,60-40-,61-42+,62-44+,63-46+/t64-,67+,68+,69+,70+,71+,72-,73+,74+,75+,76+,77+,78-,79-,80-,81+,82+,83+,84+,85+,86+,87+,88+,89+,90-,91-,92-,93-,95+,96+,97+,98+,99-,100+,101+/m0/s1. The molecule has 0 amide bonds. The van der Waals surface area contributed by atoms with E-state index >= 15 is 0 Å². The fourth-order valence-electron chi connectivity index (χ4n) is 17.2. The van der Waals surface area contributed by atoms with E-state index in [0.29, 0.717) is 18.4 Å². The SMILES string of the molecule is C/C=C(/C)CC/C=C(/C)CC/C=C(/C)CC/C=C(/C)CC/C=C(/C)CC/C=C(/C)CC/C=C(/C)CC/C=C(/C)CC/C=C(\C)CC/C=C(\C)CC/C=C(\C)COP(=O)(O)OP(=O)(O)O[C@H]1O[C@H](COC(C)=O)[C@@H](O[C@@H]2O[C@H](CO)[C@@H](O)[C@H](O[C@H]3O[C@H](COC(C)=O)[C@@H](O)[C@H](O)[C@@H]3O[C@@H]3O[C@H](C(=O)O)[C@@H](O[C@H]4O[C@H](CO[C@@H]5O[C@H](CO[C@@H]6O[C@@H](C)[C@H](O)[C@@H](O)[C@H]6O)[C@@H](O)[C@H](O)[C@H]5O)[C@@H](O)[C@H](O)[C@H]4O)[C@H](O)[C@H]3O)[C@H]2O)[C@H](O)[C@H]1O. The molecule has 37 atom stereocenters. The van der Waals surface area contributed by atoms with Crippen molar-refractivity contribution < 1.29 is 215 Å². The number of esters is 2. The average Bonchev–Trinajstić information content (AvgIpc) is 0.762. The van der Waals surface area contributed by atoms with Crippen LogP contribution < -0.4 is 0 Å². The van der Waals surface area contributed by atoms with Crippen LogP contribution in [-0.4, -0.2) is 379 Å². The summed E-state index contributed by atoms with van der Waals surface area (Å²) in [4.78, 5) is 59.0. The third kappa shape index (κ3) is 41.3. The lowest BCUT2D eigenvalue weighted by atomic mass is 9.95. The molecule has 44 nitrogen and oxygen atoms in total. The Kier molecular flexibility index (Phi) is 55.0. The van der Waals surface area contributed by atoms with Crippen molar-refractivity contribution in [2.45, 2.75) is 447 Å². The number of hydrogen-bond acceptors (Lipinski definition) is 41. The Balaban J connectivity index is 0.860. The number of carboxylic acid groups (broad SMARTS) is 1. The van der Waals surface area contributed by atoms with Gasteiger partial charge in [-0.1, -0.05) is 128 Å². The monoisotopic (exact) mass is 2140 g/mol. The van der Waals surface area contributed by atoms with Crippen molar-refractivity contribution >= 4 is 33.6 Å². The van der Waals surface area contributed by atoms with Gasteiger partial charge in [0.25, 0.3) is 0 Å². The van der Waals surface area contributed by atoms with Gasteiger partial charge in [-0.3, -0.25) is 18.6 Å². The number of allylic oxidation sites excluding steroid dienone is 21. The minimum atomic E-state index is -5.93. The zero-order valence-electron chi connectivity index (χ0n) is 86.6. The van der Waals surface area contributed by atoms with Gasteiger partial charge in [-0.05, 0) is 218 Å². The molecule has 0 spiro atoms. The molecule has 0 aliphatic carbocycles. The lowest BCUT2D eigenvalue weighted by Crippen LogP contribution is -2.68. The van der Waals surface area contributed by atoms with Gasteiger partial charge in [0.05, 0.1) is 32.5 Å². The molecule has 0 aromatic heterocycles. The molecule has 7 heterocycles. The van der Waals surface area contributed by atoms with E-state index in [1.807, 2.05) is 6.92 Å². The van der Waals surface area contributed by atoms with Crippen LogP contribution in [0.25, 0.3) is 0 Å². The average molecular weight is 2140 g/mol. The topological polar surface area (TPSA) is 676 Å². The molecule has 7 fully saturated rings.